The van der Waals surface area contributed by atoms with Gasteiger partial charge in [0.05, 0.1) is 0 Å². The number of rotatable bonds is 6. The van der Waals surface area contributed by atoms with Gasteiger partial charge in [0, 0.05) is 13.2 Å². The molecule has 3 N–H and O–H groups in total. The predicted octanol–water partition coefficient (Wildman–Crippen LogP) is -0.247. The second-order valence-corrected chi connectivity index (χ2v) is 4.39. The van der Waals surface area contributed by atoms with Gasteiger partial charge in [0.15, 0.2) is 6.10 Å². The summed E-state index contributed by atoms with van der Waals surface area (Å²) in [5, 5.41) is 20.1. The Balaban J connectivity index is 2.27. The lowest BCUT2D eigenvalue weighted by Crippen LogP contribution is -2.37. The minimum atomic E-state index is -1.02. The molecule has 1 aliphatic heterocycles. The minimum absolute atomic E-state index is 0.0953. The van der Waals surface area contributed by atoms with Crippen molar-refractivity contribution in [3.63, 3.8) is 0 Å². The van der Waals surface area contributed by atoms with Crippen LogP contribution in [0.2, 0.25) is 0 Å². The maximum atomic E-state index is 11.6. The zero-order chi connectivity index (χ0) is 12.8. The Kier molecular flexibility index (Phi) is 5.37. The van der Waals surface area contributed by atoms with Gasteiger partial charge >= 0.3 is 5.97 Å². The third kappa shape index (κ3) is 4.32. The molecule has 0 saturated carbocycles. The van der Waals surface area contributed by atoms with Crippen molar-refractivity contribution in [1.29, 1.82) is 0 Å². The number of carboxylic acids is 1. The SMILES string of the molecule is CC(CCO)CNC(=O)[C@@H]1CC[C@H](C(=O)O)O1. The number of aliphatic hydroxyl groups is 1. The normalized spacial score (nSPS) is 25.5. The molecule has 0 aromatic carbocycles. The second-order valence-electron chi connectivity index (χ2n) is 4.39. The quantitative estimate of drug-likeness (QED) is 0.600. The molecule has 1 amide bonds. The van der Waals surface area contributed by atoms with Crippen LogP contribution in [0.5, 0.6) is 0 Å². The molecule has 0 aliphatic carbocycles. The fraction of sp³-hybridized carbons (Fsp3) is 0.818. The molecule has 6 heteroatoms. The first-order valence-electron chi connectivity index (χ1n) is 5.81. The third-order valence-electron chi connectivity index (χ3n) is 2.83. The van der Waals surface area contributed by atoms with Gasteiger partial charge in [-0.15, -0.1) is 0 Å². The van der Waals surface area contributed by atoms with Gasteiger partial charge in [0.2, 0.25) is 5.91 Å². The predicted molar refractivity (Wildman–Crippen MR) is 59.4 cm³/mol. The van der Waals surface area contributed by atoms with Crippen LogP contribution < -0.4 is 5.32 Å². The van der Waals surface area contributed by atoms with Crippen molar-refractivity contribution in [2.75, 3.05) is 13.2 Å². The van der Waals surface area contributed by atoms with Gasteiger partial charge in [-0.1, -0.05) is 6.92 Å². The molecule has 98 valence electrons. The summed E-state index contributed by atoms with van der Waals surface area (Å²) in [6.45, 7) is 2.49. The van der Waals surface area contributed by atoms with Crippen molar-refractivity contribution in [3.8, 4) is 0 Å². The molecule has 1 saturated heterocycles. The first-order chi connectivity index (χ1) is 8.04. The maximum absolute atomic E-state index is 11.6. The summed E-state index contributed by atoms with van der Waals surface area (Å²) in [6, 6.07) is 0. The highest BCUT2D eigenvalue weighted by Crippen LogP contribution is 2.19. The molecule has 0 aromatic heterocycles. The van der Waals surface area contributed by atoms with Gasteiger partial charge in [-0.2, -0.15) is 0 Å². The number of carboxylic acid groups (broad SMARTS) is 1. The Morgan fingerprint density at radius 3 is 2.59 bits per heavy atom. The summed E-state index contributed by atoms with van der Waals surface area (Å²) in [5.74, 6) is -1.09. The number of hydrogen-bond donors (Lipinski definition) is 3. The molecule has 6 nitrogen and oxygen atoms in total. The summed E-state index contributed by atoms with van der Waals surface area (Å²) < 4.78 is 5.12. The van der Waals surface area contributed by atoms with E-state index >= 15 is 0 Å². The monoisotopic (exact) mass is 245 g/mol. The van der Waals surface area contributed by atoms with Crippen LogP contribution in [0.15, 0.2) is 0 Å². The lowest BCUT2D eigenvalue weighted by atomic mass is 10.1. The topological polar surface area (TPSA) is 95.9 Å². The van der Waals surface area contributed by atoms with Crippen molar-refractivity contribution >= 4 is 11.9 Å². The van der Waals surface area contributed by atoms with E-state index in [0.29, 0.717) is 25.8 Å². The van der Waals surface area contributed by atoms with Crippen LogP contribution in [0, 0.1) is 5.92 Å². The molecular weight excluding hydrogens is 226 g/mol. The van der Waals surface area contributed by atoms with Gasteiger partial charge in [-0.3, -0.25) is 4.79 Å². The average molecular weight is 245 g/mol. The van der Waals surface area contributed by atoms with Crippen LogP contribution in [0.1, 0.15) is 26.2 Å². The number of aliphatic carboxylic acids is 1. The van der Waals surface area contributed by atoms with E-state index in [4.69, 9.17) is 14.9 Å². The van der Waals surface area contributed by atoms with Gasteiger partial charge in [0.25, 0.3) is 0 Å². The molecule has 0 bridgehead atoms. The fourth-order valence-electron chi connectivity index (χ4n) is 1.72. The molecule has 0 spiro atoms. The molecule has 17 heavy (non-hydrogen) atoms. The van der Waals surface area contributed by atoms with E-state index in [2.05, 4.69) is 5.32 Å². The van der Waals surface area contributed by atoms with E-state index in [1.165, 1.54) is 0 Å². The summed E-state index contributed by atoms with van der Waals surface area (Å²) in [5.41, 5.74) is 0. The molecule has 1 fully saturated rings. The van der Waals surface area contributed by atoms with E-state index < -0.39 is 18.2 Å². The zero-order valence-corrected chi connectivity index (χ0v) is 9.89. The Bertz CT molecular complexity index is 281. The molecule has 1 heterocycles. The highest BCUT2D eigenvalue weighted by Gasteiger charge is 2.34. The van der Waals surface area contributed by atoms with Crippen molar-refractivity contribution in [1.82, 2.24) is 5.32 Å². The number of carbonyl (C=O) groups excluding carboxylic acids is 1. The Morgan fingerprint density at radius 2 is 2.06 bits per heavy atom. The lowest BCUT2D eigenvalue weighted by molar-refractivity contribution is -0.151. The number of ether oxygens (including phenoxy) is 1. The second kappa shape index (κ2) is 6.56. The van der Waals surface area contributed by atoms with Crippen molar-refractivity contribution in [2.24, 2.45) is 5.92 Å². The third-order valence-corrected chi connectivity index (χ3v) is 2.83. The molecule has 1 unspecified atom stereocenters. The zero-order valence-electron chi connectivity index (χ0n) is 9.89. The number of amides is 1. The van der Waals surface area contributed by atoms with Crippen LogP contribution >= 0.6 is 0 Å². The van der Waals surface area contributed by atoms with E-state index in [0.717, 1.165) is 0 Å². The van der Waals surface area contributed by atoms with E-state index in [-0.39, 0.29) is 18.4 Å². The summed E-state index contributed by atoms with van der Waals surface area (Å²) >= 11 is 0. The van der Waals surface area contributed by atoms with E-state index in [1.54, 1.807) is 0 Å². The standard InChI is InChI=1S/C11H19NO5/c1-7(4-5-13)6-12-10(14)8-2-3-9(17-8)11(15)16/h7-9,13H,2-6H2,1H3,(H,12,14)(H,15,16)/t7?,8-,9+/m0/s1. The van der Waals surface area contributed by atoms with Crippen molar-refractivity contribution < 1.29 is 24.5 Å². The number of nitrogens with one attached hydrogen (secondary N) is 1. The lowest BCUT2D eigenvalue weighted by Gasteiger charge is -2.14. The first-order valence-corrected chi connectivity index (χ1v) is 5.81. The first kappa shape index (κ1) is 13.9. The highest BCUT2D eigenvalue weighted by molar-refractivity contribution is 5.82. The van der Waals surface area contributed by atoms with E-state index in [9.17, 15) is 9.59 Å². The molecular formula is C11H19NO5. The summed E-state index contributed by atoms with van der Waals surface area (Å²) in [6.07, 6.45) is -0.0709. The smallest absolute Gasteiger partial charge is 0.332 e. The van der Waals surface area contributed by atoms with Gasteiger partial charge < -0.3 is 20.3 Å². The Morgan fingerprint density at radius 1 is 1.41 bits per heavy atom. The van der Waals surface area contributed by atoms with Crippen LogP contribution in [-0.2, 0) is 14.3 Å². The Hall–Kier alpha value is -1.14. The molecule has 1 aliphatic rings. The van der Waals surface area contributed by atoms with Crippen LogP contribution in [0.25, 0.3) is 0 Å². The molecule has 1 rings (SSSR count). The van der Waals surface area contributed by atoms with Gasteiger partial charge in [-0.25, -0.2) is 4.79 Å². The average Bonchev–Trinajstić information content (AvgIpc) is 2.75. The highest BCUT2D eigenvalue weighted by atomic mass is 16.5. The van der Waals surface area contributed by atoms with E-state index in [1.807, 2.05) is 6.92 Å². The van der Waals surface area contributed by atoms with Crippen LogP contribution in [-0.4, -0.2) is 47.4 Å². The van der Waals surface area contributed by atoms with Crippen molar-refractivity contribution in [3.05, 3.63) is 0 Å². The minimum Gasteiger partial charge on any atom is -0.479 e. The van der Waals surface area contributed by atoms with Crippen LogP contribution in [0.3, 0.4) is 0 Å². The van der Waals surface area contributed by atoms with Gasteiger partial charge in [-0.05, 0) is 25.2 Å². The maximum Gasteiger partial charge on any atom is 0.332 e. The Labute approximate surface area is 100.0 Å². The molecule has 0 radical (unpaired) electrons. The molecule has 0 aromatic rings. The largest absolute Gasteiger partial charge is 0.479 e. The molecule has 3 atom stereocenters. The van der Waals surface area contributed by atoms with Crippen LogP contribution in [0.4, 0.5) is 0 Å². The summed E-state index contributed by atoms with van der Waals surface area (Å²) in [4.78, 5) is 22.3. The number of hydrogen-bond acceptors (Lipinski definition) is 4. The number of carbonyl (C=O) groups is 2. The van der Waals surface area contributed by atoms with Crippen molar-refractivity contribution in [2.45, 2.75) is 38.4 Å². The summed E-state index contributed by atoms with van der Waals surface area (Å²) in [7, 11) is 0. The fourth-order valence-corrected chi connectivity index (χ4v) is 1.72. The number of aliphatic hydroxyl groups excluding tert-OH is 1. The van der Waals surface area contributed by atoms with Gasteiger partial charge in [0.1, 0.15) is 6.10 Å².